The standard InChI is InChI=1S/C17H27ClN2O3S/c1-12(2)24(21,22)20-15-7-4-13(5-8-15)11-19-16-10-14(18)6-9-17(16)23-3/h6,9-10,12-13,15,19-20H,4-5,7-8,11H2,1-3H3/t13-,15-. The zero-order valence-corrected chi connectivity index (χ0v) is 16.1. The summed E-state index contributed by atoms with van der Waals surface area (Å²) in [5.74, 6) is 1.30. The van der Waals surface area contributed by atoms with Crippen molar-refractivity contribution in [2.45, 2.75) is 50.8 Å². The van der Waals surface area contributed by atoms with Gasteiger partial charge in [-0.05, 0) is 63.6 Å². The number of nitrogens with one attached hydrogen (secondary N) is 2. The molecule has 1 aromatic carbocycles. The van der Waals surface area contributed by atoms with Crippen LogP contribution in [-0.4, -0.2) is 33.4 Å². The minimum absolute atomic E-state index is 0.0642. The van der Waals surface area contributed by atoms with Gasteiger partial charge in [0.05, 0.1) is 18.0 Å². The van der Waals surface area contributed by atoms with Crippen molar-refractivity contribution in [2.75, 3.05) is 19.0 Å². The minimum atomic E-state index is -3.18. The average Bonchev–Trinajstić information content (AvgIpc) is 2.54. The van der Waals surface area contributed by atoms with Gasteiger partial charge in [-0.1, -0.05) is 11.6 Å². The van der Waals surface area contributed by atoms with Gasteiger partial charge < -0.3 is 10.1 Å². The second-order valence-electron chi connectivity index (χ2n) is 6.65. The van der Waals surface area contributed by atoms with Crippen LogP contribution in [0, 0.1) is 5.92 Å². The van der Waals surface area contributed by atoms with E-state index >= 15 is 0 Å². The Morgan fingerprint density at radius 3 is 2.50 bits per heavy atom. The quantitative estimate of drug-likeness (QED) is 0.764. The van der Waals surface area contributed by atoms with E-state index in [1.54, 1.807) is 27.0 Å². The summed E-state index contributed by atoms with van der Waals surface area (Å²) in [6, 6.07) is 5.58. The van der Waals surface area contributed by atoms with Gasteiger partial charge in [0.2, 0.25) is 10.0 Å². The molecule has 0 unspecified atom stereocenters. The number of methoxy groups -OCH3 is 1. The maximum absolute atomic E-state index is 11.9. The second kappa shape index (κ2) is 8.41. The molecule has 0 atom stereocenters. The summed E-state index contributed by atoms with van der Waals surface area (Å²) in [5.41, 5.74) is 0.896. The van der Waals surface area contributed by atoms with Crippen LogP contribution in [0.2, 0.25) is 5.02 Å². The van der Waals surface area contributed by atoms with Gasteiger partial charge in [0.1, 0.15) is 5.75 Å². The third-order valence-electron chi connectivity index (χ3n) is 4.54. The Kier molecular flexibility index (Phi) is 6.78. The number of benzene rings is 1. The van der Waals surface area contributed by atoms with E-state index in [0.717, 1.165) is 43.7 Å². The molecule has 1 fully saturated rings. The summed E-state index contributed by atoms with van der Waals surface area (Å²) in [7, 11) is -1.54. The third kappa shape index (κ3) is 5.26. The third-order valence-corrected chi connectivity index (χ3v) is 6.68. The lowest BCUT2D eigenvalue weighted by atomic mass is 9.86. The second-order valence-corrected chi connectivity index (χ2v) is 9.36. The number of hydrogen-bond acceptors (Lipinski definition) is 4. The normalized spacial score (nSPS) is 21.7. The first-order chi connectivity index (χ1) is 11.3. The zero-order valence-electron chi connectivity index (χ0n) is 14.5. The lowest BCUT2D eigenvalue weighted by Gasteiger charge is -2.30. The van der Waals surface area contributed by atoms with E-state index in [9.17, 15) is 8.42 Å². The maximum atomic E-state index is 11.9. The van der Waals surface area contributed by atoms with Crippen LogP contribution in [0.4, 0.5) is 5.69 Å². The van der Waals surface area contributed by atoms with Gasteiger partial charge in [0, 0.05) is 17.6 Å². The Morgan fingerprint density at radius 1 is 1.25 bits per heavy atom. The average molecular weight is 375 g/mol. The fourth-order valence-electron chi connectivity index (χ4n) is 2.93. The van der Waals surface area contributed by atoms with E-state index in [1.165, 1.54) is 0 Å². The Hall–Kier alpha value is -0.980. The molecule has 1 aliphatic carbocycles. The van der Waals surface area contributed by atoms with Gasteiger partial charge in [-0.15, -0.1) is 0 Å². The topological polar surface area (TPSA) is 67.4 Å². The SMILES string of the molecule is COc1ccc(Cl)cc1NC[C@H]1CC[C@H](NS(=O)(=O)C(C)C)CC1. The molecular weight excluding hydrogens is 348 g/mol. The van der Waals surface area contributed by atoms with E-state index < -0.39 is 10.0 Å². The van der Waals surface area contributed by atoms with Crippen molar-refractivity contribution in [2.24, 2.45) is 5.92 Å². The molecule has 0 radical (unpaired) electrons. The molecular formula is C17H27ClN2O3S. The van der Waals surface area contributed by atoms with Crippen molar-refractivity contribution in [3.05, 3.63) is 23.2 Å². The molecule has 1 saturated carbocycles. The highest BCUT2D eigenvalue weighted by Gasteiger charge is 2.26. The molecule has 0 saturated heterocycles. The van der Waals surface area contributed by atoms with Gasteiger partial charge in [-0.3, -0.25) is 0 Å². The summed E-state index contributed by atoms with van der Waals surface area (Å²) in [4.78, 5) is 0. The molecule has 1 aliphatic rings. The molecule has 7 heteroatoms. The largest absolute Gasteiger partial charge is 0.495 e. The van der Waals surface area contributed by atoms with Crippen LogP contribution in [0.1, 0.15) is 39.5 Å². The minimum Gasteiger partial charge on any atom is -0.495 e. The summed E-state index contributed by atoms with van der Waals surface area (Å²) < 4.78 is 32.1. The number of sulfonamides is 1. The number of rotatable bonds is 7. The van der Waals surface area contributed by atoms with Crippen LogP contribution in [0.25, 0.3) is 0 Å². The molecule has 0 aromatic heterocycles. The predicted octanol–water partition coefficient (Wildman–Crippen LogP) is 3.65. The van der Waals surface area contributed by atoms with Crippen LogP contribution in [0.15, 0.2) is 18.2 Å². The van der Waals surface area contributed by atoms with Crippen molar-refractivity contribution in [3.8, 4) is 5.75 Å². The predicted molar refractivity (Wildman–Crippen MR) is 99.4 cm³/mol. The van der Waals surface area contributed by atoms with Crippen molar-refractivity contribution >= 4 is 27.3 Å². The fraction of sp³-hybridized carbons (Fsp3) is 0.647. The van der Waals surface area contributed by atoms with Crippen LogP contribution in [0.3, 0.4) is 0 Å². The maximum Gasteiger partial charge on any atom is 0.214 e. The Labute approximate surface area is 150 Å². The van der Waals surface area contributed by atoms with Crippen LogP contribution in [-0.2, 0) is 10.0 Å². The van der Waals surface area contributed by atoms with Crippen molar-refractivity contribution < 1.29 is 13.2 Å². The molecule has 24 heavy (non-hydrogen) atoms. The van der Waals surface area contributed by atoms with E-state index in [0.29, 0.717) is 10.9 Å². The first-order valence-electron chi connectivity index (χ1n) is 8.40. The Balaban J connectivity index is 1.83. The molecule has 0 heterocycles. The molecule has 0 amide bonds. The Morgan fingerprint density at radius 2 is 1.92 bits per heavy atom. The summed E-state index contributed by atoms with van der Waals surface area (Å²) >= 11 is 6.04. The van der Waals surface area contributed by atoms with Crippen molar-refractivity contribution in [3.63, 3.8) is 0 Å². The van der Waals surface area contributed by atoms with Gasteiger partial charge in [0.25, 0.3) is 0 Å². The van der Waals surface area contributed by atoms with Crippen molar-refractivity contribution in [1.82, 2.24) is 4.72 Å². The number of hydrogen-bond donors (Lipinski definition) is 2. The van der Waals surface area contributed by atoms with Crippen LogP contribution in [0.5, 0.6) is 5.75 Å². The first kappa shape index (κ1) is 19.3. The Bertz CT molecular complexity index is 641. The highest BCUT2D eigenvalue weighted by Crippen LogP contribution is 2.30. The molecule has 0 aliphatic heterocycles. The molecule has 136 valence electrons. The van der Waals surface area contributed by atoms with Gasteiger partial charge in [-0.25, -0.2) is 13.1 Å². The van der Waals surface area contributed by atoms with Gasteiger partial charge in [0.15, 0.2) is 0 Å². The summed E-state index contributed by atoms with van der Waals surface area (Å²) in [5, 5.41) is 3.70. The number of halogens is 1. The van der Waals surface area contributed by atoms with Crippen molar-refractivity contribution in [1.29, 1.82) is 0 Å². The monoisotopic (exact) mass is 374 g/mol. The van der Waals surface area contributed by atoms with E-state index in [1.807, 2.05) is 12.1 Å². The first-order valence-corrected chi connectivity index (χ1v) is 10.3. The number of anilines is 1. The lowest BCUT2D eigenvalue weighted by molar-refractivity contribution is 0.323. The summed E-state index contributed by atoms with van der Waals surface area (Å²) in [6.45, 7) is 4.24. The van der Waals surface area contributed by atoms with Crippen LogP contribution < -0.4 is 14.8 Å². The molecule has 2 N–H and O–H groups in total. The van der Waals surface area contributed by atoms with E-state index in [4.69, 9.17) is 16.3 Å². The number of ether oxygens (including phenoxy) is 1. The highest BCUT2D eigenvalue weighted by atomic mass is 35.5. The van der Waals surface area contributed by atoms with Gasteiger partial charge in [-0.2, -0.15) is 0 Å². The fourth-order valence-corrected chi connectivity index (χ4v) is 4.07. The van der Waals surface area contributed by atoms with Gasteiger partial charge >= 0.3 is 0 Å². The zero-order chi connectivity index (χ0) is 17.7. The molecule has 5 nitrogen and oxygen atoms in total. The molecule has 0 spiro atoms. The lowest BCUT2D eigenvalue weighted by Crippen LogP contribution is -2.41. The van der Waals surface area contributed by atoms with E-state index in [-0.39, 0.29) is 11.3 Å². The smallest absolute Gasteiger partial charge is 0.214 e. The summed E-state index contributed by atoms with van der Waals surface area (Å²) in [6.07, 6.45) is 3.76. The molecule has 1 aromatic rings. The molecule has 0 bridgehead atoms. The highest BCUT2D eigenvalue weighted by molar-refractivity contribution is 7.90. The van der Waals surface area contributed by atoms with E-state index in [2.05, 4.69) is 10.0 Å². The van der Waals surface area contributed by atoms with Crippen LogP contribution >= 0.6 is 11.6 Å². The molecule has 2 rings (SSSR count).